The molecule has 1 unspecified atom stereocenters. The van der Waals surface area contributed by atoms with E-state index in [1.807, 2.05) is 0 Å². The van der Waals surface area contributed by atoms with Crippen LogP contribution in [0.3, 0.4) is 0 Å². The maximum absolute atomic E-state index is 12.0. The highest BCUT2D eigenvalue weighted by molar-refractivity contribution is 7.16. The molecule has 6 nitrogen and oxygen atoms in total. The van der Waals surface area contributed by atoms with Gasteiger partial charge < -0.3 is 10.4 Å². The van der Waals surface area contributed by atoms with Crippen molar-refractivity contribution in [3.05, 3.63) is 33.6 Å². The van der Waals surface area contributed by atoms with E-state index < -0.39 is 5.97 Å². The Morgan fingerprint density at radius 3 is 2.85 bits per heavy atom. The van der Waals surface area contributed by atoms with Crippen molar-refractivity contribution < 1.29 is 14.7 Å². The van der Waals surface area contributed by atoms with E-state index in [2.05, 4.69) is 10.4 Å². The minimum Gasteiger partial charge on any atom is -0.480 e. The molecule has 2 heterocycles. The fourth-order valence-corrected chi connectivity index (χ4v) is 2.69. The van der Waals surface area contributed by atoms with E-state index in [0.717, 1.165) is 4.88 Å². The Morgan fingerprint density at radius 2 is 2.25 bits per heavy atom. The fourth-order valence-electron chi connectivity index (χ4n) is 1.58. The van der Waals surface area contributed by atoms with Gasteiger partial charge in [-0.25, -0.2) is 0 Å². The normalized spacial score (nSPS) is 12.1. The monoisotopic (exact) mass is 313 g/mol. The highest BCUT2D eigenvalue weighted by Crippen LogP contribution is 2.28. The van der Waals surface area contributed by atoms with Crippen molar-refractivity contribution in [1.82, 2.24) is 9.78 Å². The number of nitrogens with zero attached hydrogens (tertiary/aromatic N) is 2. The van der Waals surface area contributed by atoms with E-state index in [1.54, 1.807) is 25.1 Å². The number of anilines is 1. The Kier molecular flexibility index (Phi) is 4.41. The number of carboxylic acid groups (broad SMARTS) is 1. The first kappa shape index (κ1) is 14.5. The highest BCUT2D eigenvalue weighted by atomic mass is 35.5. The summed E-state index contributed by atoms with van der Waals surface area (Å²) in [7, 11) is 0. The van der Waals surface area contributed by atoms with Crippen molar-refractivity contribution in [2.75, 3.05) is 5.32 Å². The number of carbonyl (C=O) groups is 2. The van der Waals surface area contributed by atoms with Gasteiger partial charge in [0.2, 0.25) is 5.91 Å². The maximum Gasteiger partial charge on any atom is 0.325 e. The van der Waals surface area contributed by atoms with Crippen LogP contribution in [-0.4, -0.2) is 26.8 Å². The zero-order chi connectivity index (χ0) is 14.7. The molecule has 2 rings (SSSR count). The first-order valence-corrected chi connectivity index (χ1v) is 6.96. The van der Waals surface area contributed by atoms with Gasteiger partial charge in [-0.3, -0.25) is 14.3 Å². The molecule has 0 fully saturated rings. The molecule has 0 spiro atoms. The second-order valence-corrected chi connectivity index (χ2v) is 5.89. The van der Waals surface area contributed by atoms with Gasteiger partial charge >= 0.3 is 5.97 Å². The molecule has 0 radical (unpaired) electrons. The molecular formula is C12H12ClN3O3S. The molecule has 106 valence electrons. The summed E-state index contributed by atoms with van der Waals surface area (Å²) in [5.74, 6) is -1.24. The molecule has 0 bridgehead atoms. The number of thiophene rings is 1. The third kappa shape index (κ3) is 3.58. The lowest BCUT2D eigenvalue weighted by atomic mass is 10.1. The number of aliphatic carboxylic acids is 1. The number of nitrogens with one attached hydrogen (secondary N) is 1. The third-order valence-corrected chi connectivity index (χ3v) is 4.02. The fraction of sp³-hybridized carbons (Fsp3) is 0.250. The maximum atomic E-state index is 12.0. The van der Waals surface area contributed by atoms with E-state index in [1.165, 1.54) is 22.2 Å². The van der Waals surface area contributed by atoms with Crippen molar-refractivity contribution in [1.29, 1.82) is 0 Å². The van der Waals surface area contributed by atoms with Crippen molar-refractivity contribution in [3.63, 3.8) is 0 Å². The number of amides is 1. The third-order valence-electron chi connectivity index (χ3n) is 2.60. The van der Waals surface area contributed by atoms with Gasteiger partial charge in [-0.15, -0.1) is 11.3 Å². The zero-order valence-electron chi connectivity index (χ0n) is 10.5. The molecule has 1 atom stereocenters. The lowest BCUT2D eigenvalue weighted by molar-refractivity contribution is -0.137. The molecule has 8 heteroatoms. The largest absolute Gasteiger partial charge is 0.480 e. The molecule has 0 aliphatic carbocycles. The summed E-state index contributed by atoms with van der Waals surface area (Å²) in [6, 6.07) is 5.10. The van der Waals surface area contributed by atoms with Crippen molar-refractivity contribution in [3.8, 4) is 0 Å². The van der Waals surface area contributed by atoms with Crippen molar-refractivity contribution in [2.24, 2.45) is 0 Å². The molecule has 20 heavy (non-hydrogen) atoms. The van der Waals surface area contributed by atoms with Gasteiger partial charge in [-0.05, 0) is 19.1 Å². The smallest absolute Gasteiger partial charge is 0.325 e. The number of carbonyl (C=O) groups excluding carboxylic acids is 1. The second-order valence-electron chi connectivity index (χ2n) is 4.15. The van der Waals surface area contributed by atoms with Gasteiger partial charge in [-0.1, -0.05) is 11.6 Å². The van der Waals surface area contributed by atoms with E-state index in [9.17, 15) is 9.59 Å². The van der Waals surface area contributed by atoms with Crippen LogP contribution < -0.4 is 5.32 Å². The number of rotatable bonds is 5. The van der Waals surface area contributed by atoms with Crippen LogP contribution in [0.25, 0.3) is 0 Å². The lowest BCUT2D eigenvalue weighted by Gasteiger charge is -2.08. The summed E-state index contributed by atoms with van der Waals surface area (Å²) in [6.45, 7) is 1.53. The van der Waals surface area contributed by atoms with Crippen LogP contribution in [0.4, 0.5) is 5.82 Å². The van der Waals surface area contributed by atoms with Gasteiger partial charge in [0.25, 0.3) is 0 Å². The Bertz CT molecular complexity index is 637. The van der Waals surface area contributed by atoms with Crippen molar-refractivity contribution in [2.45, 2.75) is 19.4 Å². The van der Waals surface area contributed by atoms with E-state index >= 15 is 0 Å². The quantitative estimate of drug-likeness (QED) is 0.888. The summed E-state index contributed by atoms with van der Waals surface area (Å²) in [6.07, 6.45) is 1.50. The number of aromatic nitrogens is 2. The topological polar surface area (TPSA) is 84.2 Å². The molecule has 1 amide bonds. The average Bonchev–Trinajstić information content (AvgIpc) is 2.97. The molecule has 2 aromatic rings. The van der Waals surface area contributed by atoms with Gasteiger partial charge in [0.1, 0.15) is 6.54 Å². The van der Waals surface area contributed by atoms with Crippen LogP contribution in [0.15, 0.2) is 24.4 Å². The van der Waals surface area contributed by atoms with Crippen LogP contribution >= 0.6 is 22.9 Å². The van der Waals surface area contributed by atoms with E-state index in [4.69, 9.17) is 16.7 Å². The van der Waals surface area contributed by atoms with Gasteiger partial charge in [0.05, 0.1) is 10.3 Å². The van der Waals surface area contributed by atoms with E-state index in [0.29, 0.717) is 10.2 Å². The average molecular weight is 314 g/mol. The number of hydrogen-bond acceptors (Lipinski definition) is 4. The number of halogens is 1. The molecule has 0 saturated carbocycles. The molecular weight excluding hydrogens is 302 g/mol. The minimum atomic E-state index is -0.993. The second kappa shape index (κ2) is 6.06. The lowest BCUT2D eigenvalue weighted by Crippen LogP contribution is -2.19. The molecule has 2 N–H and O–H groups in total. The first-order valence-electron chi connectivity index (χ1n) is 5.77. The molecule has 0 aromatic carbocycles. The summed E-state index contributed by atoms with van der Waals surface area (Å²) in [4.78, 5) is 23.4. The summed E-state index contributed by atoms with van der Waals surface area (Å²) >= 11 is 7.19. The standard InChI is InChI=1S/C12H12ClN3O3S/c1-7(8-2-3-9(13)20-8)12(19)14-10-4-5-16(15-10)6-11(17)18/h2-5,7H,6H2,1H3,(H,17,18)(H,14,15,19). The summed E-state index contributed by atoms with van der Waals surface area (Å²) in [5, 5.41) is 15.2. The Balaban J connectivity index is 2.00. The van der Waals surface area contributed by atoms with Crippen LogP contribution in [0.5, 0.6) is 0 Å². The van der Waals surface area contributed by atoms with Crippen LogP contribution in [0.1, 0.15) is 17.7 Å². The SMILES string of the molecule is CC(C(=O)Nc1ccn(CC(=O)O)n1)c1ccc(Cl)s1. The number of carboxylic acids is 1. The van der Waals surface area contributed by atoms with Crippen LogP contribution in [0, 0.1) is 0 Å². The van der Waals surface area contributed by atoms with Crippen LogP contribution in [0.2, 0.25) is 4.34 Å². The van der Waals surface area contributed by atoms with Gasteiger partial charge in [0, 0.05) is 17.1 Å². The molecule has 0 aliphatic rings. The molecule has 2 aromatic heterocycles. The van der Waals surface area contributed by atoms with Gasteiger partial charge in [-0.2, -0.15) is 5.10 Å². The summed E-state index contributed by atoms with van der Waals surface area (Å²) in [5.41, 5.74) is 0. The predicted molar refractivity (Wildman–Crippen MR) is 76.2 cm³/mol. The summed E-state index contributed by atoms with van der Waals surface area (Å²) < 4.78 is 1.87. The molecule has 0 aliphatic heterocycles. The number of hydrogen-bond donors (Lipinski definition) is 2. The Morgan fingerprint density at radius 1 is 1.50 bits per heavy atom. The highest BCUT2D eigenvalue weighted by Gasteiger charge is 2.18. The predicted octanol–water partition coefficient (Wildman–Crippen LogP) is 2.42. The Hall–Kier alpha value is -1.86. The van der Waals surface area contributed by atoms with Gasteiger partial charge in [0.15, 0.2) is 5.82 Å². The molecule has 0 saturated heterocycles. The first-order chi connectivity index (χ1) is 9.45. The zero-order valence-corrected chi connectivity index (χ0v) is 12.1. The van der Waals surface area contributed by atoms with Crippen molar-refractivity contribution >= 4 is 40.6 Å². The van der Waals surface area contributed by atoms with E-state index in [-0.39, 0.29) is 18.4 Å². The minimum absolute atomic E-state index is 0.218. The Labute approximate surface area is 124 Å². The van der Waals surface area contributed by atoms with Crippen LogP contribution in [-0.2, 0) is 16.1 Å².